The summed E-state index contributed by atoms with van der Waals surface area (Å²) in [7, 11) is 2.11. The van der Waals surface area contributed by atoms with E-state index in [1.807, 2.05) is 0 Å². The second-order valence-corrected chi connectivity index (χ2v) is 5.68. The molecule has 2 nitrogen and oxygen atoms in total. The zero-order chi connectivity index (χ0) is 12.5. The van der Waals surface area contributed by atoms with E-state index in [-0.39, 0.29) is 0 Å². The van der Waals surface area contributed by atoms with Gasteiger partial charge in [0.05, 0.1) is 0 Å². The van der Waals surface area contributed by atoms with Gasteiger partial charge in [0.25, 0.3) is 0 Å². The normalized spacial score (nSPS) is 27.0. The molecule has 0 aromatic rings. The van der Waals surface area contributed by atoms with E-state index in [0.29, 0.717) is 6.04 Å². The number of nitrogens with one attached hydrogen (secondary N) is 1. The van der Waals surface area contributed by atoms with Crippen molar-refractivity contribution in [3.63, 3.8) is 0 Å². The van der Waals surface area contributed by atoms with Gasteiger partial charge in [-0.1, -0.05) is 33.1 Å². The first-order valence-electron chi connectivity index (χ1n) is 7.53. The number of hydrogen-bond acceptors (Lipinski definition) is 2. The highest BCUT2D eigenvalue weighted by molar-refractivity contribution is 4.80. The molecule has 1 fully saturated rings. The van der Waals surface area contributed by atoms with Crippen molar-refractivity contribution < 1.29 is 4.74 Å². The summed E-state index contributed by atoms with van der Waals surface area (Å²) < 4.78 is 5.68. The van der Waals surface area contributed by atoms with Crippen LogP contribution < -0.4 is 5.32 Å². The molecule has 17 heavy (non-hydrogen) atoms. The summed E-state index contributed by atoms with van der Waals surface area (Å²) in [5, 5.41) is 3.50. The summed E-state index contributed by atoms with van der Waals surface area (Å²) in [6.07, 6.45) is 9.27. The van der Waals surface area contributed by atoms with E-state index in [4.69, 9.17) is 4.74 Å². The van der Waals surface area contributed by atoms with Crippen molar-refractivity contribution in [1.29, 1.82) is 0 Å². The maximum absolute atomic E-state index is 5.68. The number of ether oxygens (including phenoxy) is 1. The fourth-order valence-electron chi connectivity index (χ4n) is 3.02. The number of unbranched alkanes of at least 4 members (excludes halogenated alkanes) is 1. The summed E-state index contributed by atoms with van der Waals surface area (Å²) in [6.45, 7) is 6.48. The number of hydrogen-bond donors (Lipinski definition) is 1. The number of rotatable bonds is 8. The Labute approximate surface area is 108 Å². The fraction of sp³-hybridized carbons (Fsp3) is 1.00. The third-order valence-corrected chi connectivity index (χ3v) is 4.13. The molecule has 1 saturated carbocycles. The van der Waals surface area contributed by atoms with Crippen molar-refractivity contribution >= 4 is 0 Å². The lowest BCUT2D eigenvalue weighted by molar-refractivity contribution is 0.108. The average molecular weight is 241 g/mol. The van der Waals surface area contributed by atoms with Gasteiger partial charge in [-0.05, 0) is 44.6 Å². The van der Waals surface area contributed by atoms with Crippen molar-refractivity contribution in [3.05, 3.63) is 0 Å². The third kappa shape index (κ3) is 5.87. The highest BCUT2D eigenvalue weighted by Gasteiger charge is 2.25. The van der Waals surface area contributed by atoms with Gasteiger partial charge in [-0.2, -0.15) is 0 Å². The van der Waals surface area contributed by atoms with Gasteiger partial charge in [0.1, 0.15) is 0 Å². The van der Waals surface area contributed by atoms with Crippen LogP contribution in [0.2, 0.25) is 0 Å². The molecule has 1 aliphatic rings. The first-order valence-corrected chi connectivity index (χ1v) is 7.53. The largest absolute Gasteiger partial charge is 0.381 e. The second-order valence-electron chi connectivity index (χ2n) is 5.68. The van der Waals surface area contributed by atoms with Gasteiger partial charge < -0.3 is 10.1 Å². The molecule has 0 heterocycles. The minimum absolute atomic E-state index is 0.666. The maximum Gasteiger partial charge on any atom is 0.0480 e. The topological polar surface area (TPSA) is 21.3 Å². The van der Waals surface area contributed by atoms with Crippen molar-refractivity contribution in [3.8, 4) is 0 Å². The standard InChI is InChI=1S/C15H31NO/c1-4-5-10-17-11-9-15(16-3)14-8-6-7-13(2)12-14/h13-16H,4-12H2,1-3H3. The monoisotopic (exact) mass is 241 g/mol. The molecule has 0 aromatic heterocycles. The molecule has 1 N–H and O–H groups in total. The fourth-order valence-corrected chi connectivity index (χ4v) is 3.02. The lowest BCUT2D eigenvalue weighted by Crippen LogP contribution is -2.37. The van der Waals surface area contributed by atoms with E-state index in [9.17, 15) is 0 Å². The van der Waals surface area contributed by atoms with E-state index in [1.165, 1.54) is 44.9 Å². The quantitative estimate of drug-likeness (QED) is 0.656. The van der Waals surface area contributed by atoms with Gasteiger partial charge in [0.2, 0.25) is 0 Å². The maximum atomic E-state index is 5.68. The van der Waals surface area contributed by atoms with Crippen LogP contribution in [-0.2, 0) is 4.74 Å². The summed E-state index contributed by atoms with van der Waals surface area (Å²) >= 11 is 0. The molecule has 1 aliphatic carbocycles. The molecule has 102 valence electrons. The third-order valence-electron chi connectivity index (χ3n) is 4.13. The summed E-state index contributed by atoms with van der Waals surface area (Å²) in [5.41, 5.74) is 0. The lowest BCUT2D eigenvalue weighted by atomic mass is 9.78. The van der Waals surface area contributed by atoms with E-state index >= 15 is 0 Å². The van der Waals surface area contributed by atoms with Gasteiger partial charge >= 0.3 is 0 Å². The lowest BCUT2D eigenvalue weighted by Gasteiger charge is -2.33. The van der Waals surface area contributed by atoms with Crippen LogP contribution in [0.3, 0.4) is 0 Å². The molecule has 1 rings (SSSR count). The Balaban J connectivity index is 2.18. The van der Waals surface area contributed by atoms with Crippen LogP contribution >= 0.6 is 0 Å². The van der Waals surface area contributed by atoms with Crippen molar-refractivity contribution in [2.45, 2.75) is 64.8 Å². The van der Waals surface area contributed by atoms with Gasteiger partial charge in [-0.3, -0.25) is 0 Å². The summed E-state index contributed by atoms with van der Waals surface area (Å²) in [5.74, 6) is 1.80. The van der Waals surface area contributed by atoms with Crippen molar-refractivity contribution in [2.75, 3.05) is 20.3 Å². The Bertz CT molecular complexity index is 184. The van der Waals surface area contributed by atoms with E-state index < -0.39 is 0 Å². The molecule has 0 aromatic carbocycles. The molecule has 0 amide bonds. The molecular formula is C15H31NO. The molecule has 0 aliphatic heterocycles. The first-order chi connectivity index (χ1) is 8.27. The molecule has 0 radical (unpaired) electrons. The zero-order valence-corrected chi connectivity index (χ0v) is 12.0. The van der Waals surface area contributed by atoms with Gasteiger partial charge in [-0.25, -0.2) is 0 Å². The average Bonchev–Trinajstić information content (AvgIpc) is 2.34. The van der Waals surface area contributed by atoms with Crippen LogP contribution in [0, 0.1) is 11.8 Å². The van der Waals surface area contributed by atoms with Crippen LogP contribution in [0.1, 0.15) is 58.8 Å². The Morgan fingerprint density at radius 2 is 2.12 bits per heavy atom. The molecule has 2 heteroatoms. The van der Waals surface area contributed by atoms with E-state index in [2.05, 4.69) is 26.2 Å². The van der Waals surface area contributed by atoms with Crippen LogP contribution in [0.25, 0.3) is 0 Å². The van der Waals surface area contributed by atoms with Gasteiger partial charge in [0, 0.05) is 19.3 Å². The Morgan fingerprint density at radius 1 is 1.29 bits per heavy atom. The smallest absolute Gasteiger partial charge is 0.0480 e. The highest BCUT2D eigenvalue weighted by Crippen LogP contribution is 2.31. The molecule has 0 spiro atoms. The SMILES string of the molecule is CCCCOCCC(NC)C1CCCC(C)C1. The predicted molar refractivity (Wildman–Crippen MR) is 74.3 cm³/mol. The first kappa shape index (κ1) is 15.0. The highest BCUT2D eigenvalue weighted by atomic mass is 16.5. The minimum Gasteiger partial charge on any atom is -0.381 e. The zero-order valence-electron chi connectivity index (χ0n) is 12.0. The van der Waals surface area contributed by atoms with Crippen LogP contribution in [-0.4, -0.2) is 26.3 Å². The van der Waals surface area contributed by atoms with E-state index in [1.54, 1.807) is 0 Å². The second kappa shape index (κ2) is 8.93. The van der Waals surface area contributed by atoms with Crippen molar-refractivity contribution in [2.24, 2.45) is 11.8 Å². The Morgan fingerprint density at radius 3 is 2.76 bits per heavy atom. The molecule has 3 unspecified atom stereocenters. The predicted octanol–water partition coefficient (Wildman–Crippen LogP) is 3.61. The molecular weight excluding hydrogens is 210 g/mol. The van der Waals surface area contributed by atoms with Gasteiger partial charge in [-0.15, -0.1) is 0 Å². The molecule has 0 bridgehead atoms. The Kier molecular flexibility index (Phi) is 7.87. The van der Waals surface area contributed by atoms with Gasteiger partial charge in [0.15, 0.2) is 0 Å². The Hall–Kier alpha value is -0.0800. The van der Waals surface area contributed by atoms with Crippen LogP contribution in [0.4, 0.5) is 0 Å². The minimum atomic E-state index is 0.666. The van der Waals surface area contributed by atoms with E-state index in [0.717, 1.165) is 25.0 Å². The summed E-state index contributed by atoms with van der Waals surface area (Å²) in [4.78, 5) is 0. The molecule has 3 atom stereocenters. The van der Waals surface area contributed by atoms with Crippen LogP contribution in [0.5, 0.6) is 0 Å². The van der Waals surface area contributed by atoms with Crippen LogP contribution in [0.15, 0.2) is 0 Å². The molecule has 0 saturated heterocycles. The van der Waals surface area contributed by atoms with Crippen molar-refractivity contribution in [1.82, 2.24) is 5.32 Å². The summed E-state index contributed by atoms with van der Waals surface area (Å²) in [6, 6.07) is 0.666.